The molecule has 0 aliphatic heterocycles. The van der Waals surface area contributed by atoms with Crippen LogP contribution in [0.5, 0.6) is 5.75 Å². The van der Waals surface area contributed by atoms with Crippen LogP contribution in [-0.4, -0.2) is 58.1 Å². The average Bonchev–Trinajstić information content (AvgIpc) is 2.60. The van der Waals surface area contributed by atoms with E-state index in [1.807, 2.05) is 26.0 Å². The van der Waals surface area contributed by atoms with E-state index in [0.717, 1.165) is 54.4 Å². The largest absolute Gasteiger partial charge is 0.508 e. The molecular formula is C20H30N4O. The van der Waals surface area contributed by atoms with Crippen molar-refractivity contribution >= 4 is 0 Å². The van der Waals surface area contributed by atoms with Gasteiger partial charge in [-0.25, -0.2) is 4.98 Å². The van der Waals surface area contributed by atoms with E-state index in [4.69, 9.17) is 0 Å². The van der Waals surface area contributed by atoms with Gasteiger partial charge >= 0.3 is 0 Å². The van der Waals surface area contributed by atoms with Crippen molar-refractivity contribution in [1.29, 1.82) is 0 Å². The van der Waals surface area contributed by atoms with Gasteiger partial charge in [0.15, 0.2) is 0 Å². The van der Waals surface area contributed by atoms with Crippen molar-refractivity contribution in [2.75, 3.05) is 33.2 Å². The summed E-state index contributed by atoms with van der Waals surface area (Å²) >= 11 is 0. The van der Waals surface area contributed by atoms with Crippen LogP contribution in [0, 0.1) is 13.8 Å². The minimum atomic E-state index is 0.330. The summed E-state index contributed by atoms with van der Waals surface area (Å²) in [5, 5.41) is 10.3. The molecule has 0 atom stereocenters. The Labute approximate surface area is 151 Å². The molecule has 1 aromatic heterocycles. The summed E-state index contributed by atoms with van der Waals surface area (Å²) in [7, 11) is 2.09. The van der Waals surface area contributed by atoms with Crippen molar-refractivity contribution in [2.45, 2.75) is 34.2 Å². The Hall–Kier alpha value is -1.98. The van der Waals surface area contributed by atoms with E-state index in [1.54, 1.807) is 12.3 Å². The molecule has 0 fully saturated rings. The maximum absolute atomic E-state index is 10.3. The van der Waals surface area contributed by atoms with Crippen LogP contribution in [0.4, 0.5) is 0 Å². The minimum Gasteiger partial charge on any atom is -0.508 e. The molecule has 0 bridgehead atoms. The van der Waals surface area contributed by atoms with E-state index < -0.39 is 0 Å². The predicted molar refractivity (Wildman–Crippen MR) is 103 cm³/mol. The highest BCUT2D eigenvalue weighted by atomic mass is 16.3. The van der Waals surface area contributed by atoms with Gasteiger partial charge in [0.1, 0.15) is 5.75 Å². The molecule has 25 heavy (non-hydrogen) atoms. The quantitative estimate of drug-likeness (QED) is 0.798. The molecule has 1 aromatic carbocycles. The number of phenols is 1. The lowest BCUT2D eigenvalue weighted by Crippen LogP contribution is -2.32. The van der Waals surface area contributed by atoms with Crippen LogP contribution < -0.4 is 0 Å². The zero-order valence-corrected chi connectivity index (χ0v) is 16.1. The van der Waals surface area contributed by atoms with Crippen molar-refractivity contribution < 1.29 is 5.11 Å². The monoisotopic (exact) mass is 342 g/mol. The van der Waals surface area contributed by atoms with Crippen LogP contribution in [0.1, 0.15) is 30.8 Å². The average molecular weight is 342 g/mol. The third kappa shape index (κ3) is 5.25. The lowest BCUT2D eigenvalue weighted by atomic mass is 10.0. The van der Waals surface area contributed by atoms with Crippen LogP contribution in [0.25, 0.3) is 11.3 Å². The van der Waals surface area contributed by atoms with Gasteiger partial charge in [0.2, 0.25) is 0 Å². The third-order valence-electron chi connectivity index (χ3n) is 4.56. The Morgan fingerprint density at radius 1 is 1.08 bits per heavy atom. The van der Waals surface area contributed by atoms with Crippen LogP contribution >= 0.6 is 0 Å². The van der Waals surface area contributed by atoms with E-state index in [2.05, 4.69) is 40.7 Å². The summed E-state index contributed by atoms with van der Waals surface area (Å²) in [5.41, 5.74) is 4.59. The molecule has 5 nitrogen and oxygen atoms in total. The Morgan fingerprint density at radius 3 is 2.48 bits per heavy atom. The highest BCUT2D eigenvalue weighted by Crippen LogP contribution is 2.27. The Bertz CT molecular complexity index is 698. The number of aromatic hydroxyl groups is 1. The Morgan fingerprint density at radius 2 is 1.80 bits per heavy atom. The van der Waals surface area contributed by atoms with Gasteiger partial charge in [0, 0.05) is 37.0 Å². The number of nitrogens with zero attached hydrogens (tertiary/aromatic N) is 4. The summed E-state index contributed by atoms with van der Waals surface area (Å²) in [4.78, 5) is 13.6. The van der Waals surface area contributed by atoms with Crippen molar-refractivity contribution in [1.82, 2.24) is 19.8 Å². The van der Waals surface area contributed by atoms with Gasteiger partial charge < -0.3 is 14.9 Å². The molecule has 0 amide bonds. The Kier molecular flexibility index (Phi) is 6.91. The highest BCUT2D eigenvalue weighted by molar-refractivity contribution is 5.64. The summed E-state index contributed by atoms with van der Waals surface area (Å²) in [6, 6.07) is 5.69. The fourth-order valence-electron chi connectivity index (χ4n) is 2.89. The zero-order chi connectivity index (χ0) is 18.4. The lowest BCUT2D eigenvalue weighted by molar-refractivity contribution is 0.235. The predicted octanol–water partition coefficient (Wildman–Crippen LogP) is 3.24. The maximum atomic E-state index is 10.3. The van der Waals surface area contributed by atoms with Gasteiger partial charge in [-0.3, -0.25) is 4.98 Å². The van der Waals surface area contributed by atoms with E-state index >= 15 is 0 Å². The minimum absolute atomic E-state index is 0.330. The molecule has 2 aromatic rings. The van der Waals surface area contributed by atoms with E-state index in [1.165, 1.54) is 0 Å². The fraction of sp³-hybridized carbons (Fsp3) is 0.500. The SMILES string of the molecule is CCN(CC)CCN(C)Cc1cc(-c2nc(C)cnc2C)ccc1O. The molecule has 0 spiro atoms. The molecule has 0 unspecified atom stereocenters. The van der Waals surface area contributed by atoms with Gasteiger partial charge in [-0.2, -0.15) is 0 Å². The molecule has 0 aliphatic carbocycles. The number of hydrogen-bond acceptors (Lipinski definition) is 5. The standard InChI is InChI=1S/C20H30N4O/c1-6-24(7-2)11-10-23(5)14-18-12-17(8-9-19(18)25)20-16(4)21-13-15(3)22-20/h8-9,12-13,25H,6-7,10-11,14H2,1-5H3. The number of aryl methyl sites for hydroxylation is 2. The molecule has 1 N–H and O–H groups in total. The first kappa shape index (κ1) is 19.3. The molecule has 136 valence electrons. The first-order chi connectivity index (χ1) is 11.9. The number of aromatic nitrogens is 2. The number of rotatable bonds is 8. The molecule has 0 aliphatic rings. The number of benzene rings is 1. The molecular weight excluding hydrogens is 312 g/mol. The van der Waals surface area contributed by atoms with Crippen LogP contribution in [0.2, 0.25) is 0 Å². The molecule has 0 saturated heterocycles. The van der Waals surface area contributed by atoms with E-state index in [9.17, 15) is 5.11 Å². The summed E-state index contributed by atoms with van der Waals surface area (Å²) < 4.78 is 0. The van der Waals surface area contributed by atoms with Crippen molar-refractivity contribution in [3.8, 4) is 17.0 Å². The lowest BCUT2D eigenvalue weighted by Gasteiger charge is -2.23. The molecule has 1 heterocycles. The maximum Gasteiger partial charge on any atom is 0.120 e. The molecule has 5 heteroatoms. The Balaban J connectivity index is 2.15. The van der Waals surface area contributed by atoms with Crippen LogP contribution in [-0.2, 0) is 6.54 Å². The smallest absolute Gasteiger partial charge is 0.120 e. The highest BCUT2D eigenvalue weighted by Gasteiger charge is 2.11. The van der Waals surface area contributed by atoms with Gasteiger partial charge in [0.05, 0.1) is 17.1 Å². The van der Waals surface area contributed by atoms with Gasteiger partial charge in [0.25, 0.3) is 0 Å². The van der Waals surface area contributed by atoms with E-state index in [0.29, 0.717) is 12.3 Å². The first-order valence-corrected chi connectivity index (χ1v) is 8.98. The topological polar surface area (TPSA) is 52.5 Å². The second-order valence-corrected chi connectivity index (χ2v) is 6.55. The number of likely N-dealkylation sites (N-methyl/N-ethyl adjacent to an activating group) is 2. The van der Waals surface area contributed by atoms with Gasteiger partial charge in [-0.1, -0.05) is 13.8 Å². The second-order valence-electron chi connectivity index (χ2n) is 6.55. The molecule has 0 radical (unpaired) electrons. The number of hydrogen-bond donors (Lipinski definition) is 1. The second kappa shape index (κ2) is 8.92. The van der Waals surface area contributed by atoms with Gasteiger partial charge in [-0.15, -0.1) is 0 Å². The first-order valence-electron chi connectivity index (χ1n) is 8.98. The van der Waals surface area contributed by atoms with E-state index in [-0.39, 0.29) is 0 Å². The number of phenolic OH excluding ortho intramolecular Hbond substituents is 1. The third-order valence-corrected chi connectivity index (χ3v) is 4.56. The van der Waals surface area contributed by atoms with Crippen molar-refractivity contribution in [3.05, 3.63) is 41.3 Å². The van der Waals surface area contributed by atoms with Crippen LogP contribution in [0.15, 0.2) is 24.4 Å². The van der Waals surface area contributed by atoms with Crippen LogP contribution in [0.3, 0.4) is 0 Å². The summed E-state index contributed by atoms with van der Waals surface area (Å²) in [6.07, 6.45) is 1.78. The fourth-order valence-corrected chi connectivity index (χ4v) is 2.89. The summed E-state index contributed by atoms with van der Waals surface area (Å²) in [5.74, 6) is 0.330. The molecule has 0 saturated carbocycles. The molecule has 2 rings (SSSR count). The zero-order valence-electron chi connectivity index (χ0n) is 16.1. The van der Waals surface area contributed by atoms with Crippen molar-refractivity contribution in [3.63, 3.8) is 0 Å². The normalized spacial score (nSPS) is 11.5. The van der Waals surface area contributed by atoms with Crippen molar-refractivity contribution in [2.24, 2.45) is 0 Å². The summed E-state index contributed by atoms with van der Waals surface area (Å²) in [6.45, 7) is 13.1. The van der Waals surface area contributed by atoms with Gasteiger partial charge in [-0.05, 0) is 52.2 Å².